The first kappa shape index (κ1) is 11.9. The fourth-order valence-electron chi connectivity index (χ4n) is 2.02. The maximum Gasteiger partial charge on any atom is 0.246 e. The van der Waals surface area contributed by atoms with Crippen molar-refractivity contribution in [2.75, 3.05) is 26.2 Å². The Morgan fingerprint density at radius 2 is 2.18 bits per heavy atom. The minimum Gasteiger partial charge on any atom is -0.337 e. The molecule has 2 rings (SSSR count). The standard InChI is InChI=1S/C12H18N4O/c1-3-12(17)16-6-4-14(5-7-16)10-15-8-11(2)13-9-15/h3,8-9H,1,4-7,10H2,2H3. The molecule has 0 unspecified atom stereocenters. The summed E-state index contributed by atoms with van der Waals surface area (Å²) in [7, 11) is 0. The van der Waals surface area contributed by atoms with Gasteiger partial charge in [0.15, 0.2) is 0 Å². The quantitative estimate of drug-likeness (QED) is 0.714. The van der Waals surface area contributed by atoms with E-state index in [4.69, 9.17) is 0 Å². The predicted molar refractivity (Wildman–Crippen MR) is 65.3 cm³/mol. The summed E-state index contributed by atoms with van der Waals surface area (Å²) in [5.74, 6) is 0.0307. The second-order valence-corrected chi connectivity index (χ2v) is 4.32. The second-order valence-electron chi connectivity index (χ2n) is 4.32. The first-order valence-corrected chi connectivity index (χ1v) is 5.81. The molecule has 17 heavy (non-hydrogen) atoms. The number of imidazole rings is 1. The average Bonchev–Trinajstić information content (AvgIpc) is 2.75. The van der Waals surface area contributed by atoms with Gasteiger partial charge >= 0.3 is 0 Å². The minimum absolute atomic E-state index is 0.0307. The highest BCUT2D eigenvalue weighted by Crippen LogP contribution is 2.05. The molecule has 0 atom stereocenters. The van der Waals surface area contributed by atoms with Crippen molar-refractivity contribution in [3.63, 3.8) is 0 Å². The zero-order valence-corrected chi connectivity index (χ0v) is 10.2. The van der Waals surface area contributed by atoms with Gasteiger partial charge in [0, 0.05) is 32.4 Å². The largest absolute Gasteiger partial charge is 0.337 e. The Kier molecular flexibility index (Phi) is 3.58. The number of hydrogen-bond donors (Lipinski definition) is 0. The number of aryl methyl sites for hydroxylation is 1. The molecule has 2 heterocycles. The van der Waals surface area contributed by atoms with Crippen molar-refractivity contribution in [1.82, 2.24) is 19.4 Å². The smallest absolute Gasteiger partial charge is 0.246 e. The van der Waals surface area contributed by atoms with Gasteiger partial charge < -0.3 is 9.47 Å². The highest BCUT2D eigenvalue weighted by atomic mass is 16.2. The molecule has 1 aliphatic heterocycles. The lowest BCUT2D eigenvalue weighted by molar-refractivity contribution is -0.127. The van der Waals surface area contributed by atoms with E-state index >= 15 is 0 Å². The number of amides is 1. The molecule has 5 nitrogen and oxygen atoms in total. The second kappa shape index (κ2) is 5.14. The van der Waals surface area contributed by atoms with Gasteiger partial charge in [-0.15, -0.1) is 0 Å². The fourth-order valence-corrected chi connectivity index (χ4v) is 2.02. The van der Waals surface area contributed by atoms with Crippen LogP contribution in [-0.2, 0) is 11.5 Å². The van der Waals surface area contributed by atoms with Gasteiger partial charge in [-0.05, 0) is 13.0 Å². The number of carbonyl (C=O) groups is 1. The number of nitrogens with zero attached hydrogens (tertiary/aromatic N) is 4. The Morgan fingerprint density at radius 3 is 2.71 bits per heavy atom. The zero-order valence-electron chi connectivity index (χ0n) is 10.2. The van der Waals surface area contributed by atoms with Crippen LogP contribution in [0.2, 0.25) is 0 Å². The van der Waals surface area contributed by atoms with Crippen LogP contribution in [0.5, 0.6) is 0 Å². The van der Waals surface area contributed by atoms with Crippen LogP contribution in [0.4, 0.5) is 0 Å². The number of hydrogen-bond acceptors (Lipinski definition) is 3. The Hall–Kier alpha value is -1.62. The Morgan fingerprint density at radius 1 is 1.47 bits per heavy atom. The summed E-state index contributed by atoms with van der Waals surface area (Å²) in [6.45, 7) is 9.69. The molecule has 0 bridgehead atoms. The van der Waals surface area contributed by atoms with Crippen molar-refractivity contribution >= 4 is 5.91 Å². The molecular weight excluding hydrogens is 216 g/mol. The van der Waals surface area contributed by atoms with Crippen LogP contribution >= 0.6 is 0 Å². The van der Waals surface area contributed by atoms with Crippen molar-refractivity contribution in [2.45, 2.75) is 13.6 Å². The number of rotatable bonds is 3. The molecule has 1 aromatic heterocycles. The molecule has 0 aliphatic carbocycles. The van der Waals surface area contributed by atoms with E-state index in [1.165, 1.54) is 6.08 Å². The first-order valence-electron chi connectivity index (χ1n) is 5.81. The third-order valence-corrected chi connectivity index (χ3v) is 2.98. The van der Waals surface area contributed by atoms with Crippen LogP contribution in [0.15, 0.2) is 25.2 Å². The molecule has 0 saturated carbocycles. The van der Waals surface area contributed by atoms with Crippen LogP contribution < -0.4 is 0 Å². The topological polar surface area (TPSA) is 41.4 Å². The summed E-state index contributed by atoms with van der Waals surface area (Å²) in [4.78, 5) is 19.8. The maximum absolute atomic E-state index is 11.4. The highest BCUT2D eigenvalue weighted by Gasteiger charge is 2.19. The van der Waals surface area contributed by atoms with Gasteiger partial charge in [-0.2, -0.15) is 0 Å². The van der Waals surface area contributed by atoms with Crippen molar-refractivity contribution in [3.8, 4) is 0 Å². The molecule has 5 heteroatoms. The number of carbonyl (C=O) groups excluding carboxylic acids is 1. The zero-order chi connectivity index (χ0) is 12.3. The van der Waals surface area contributed by atoms with Crippen molar-refractivity contribution in [2.24, 2.45) is 0 Å². The van der Waals surface area contributed by atoms with Crippen LogP contribution in [0.1, 0.15) is 5.69 Å². The molecule has 1 fully saturated rings. The van der Waals surface area contributed by atoms with E-state index in [2.05, 4.69) is 21.0 Å². The molecular formula is C12H18N4O. The van der Waals surface area contributed by atoms with Crippen molar-refractivity contribution < 1.29 is 4.79 Å². The summed E-state index contributed by atoms with van der Waals surface area (Å²) < 4.78 is 2.07. The lowest BCUT2D eigenvalue weighted by Crippen LogP contribution is -2.48. The lowest BCUT2D eigenvalue weighted by atomic mass is 10.3. The fraction of sp³-hybridized carbons (Fsp3) is 0.500. The normalized spacial score (nSPS) is 17.1. The summed E-state index contributed by atoms with van der Waals surface area (Å²) in [5, 5.41) is 0. The number of piperazine rings is 1. The molecule has 1 aliphatic rings. The van der Waals surface area contributed by atoms with Gasteiger partial charge in [-0.3, -0.25) is 9.69 Å². The molecule has 0 aromatic carbocycles. The summed E-state index contributed by atoms with van der Waals surface area (Å²) in [6.07, 6.45) is 5.26. The van der Waals surface area contributed by atoms with Gasteiger partial charge in [-0.1, -0.05) is 6.58 Å². The first-order chi connectivity index (χ1) is 8.19. The molecule has 1 amide bonds. The maximum atomic E-state index is 11.4. The van der Waals surface area contributed by atoms with E-state index in [0.29, 0.717) is 0 Å². The highest BCUT2D eigenvalue weighted by molar-refractivity contribution is 5.87. The Balaban J connectivity index is 1.83. The van der Waals surface area contributed by atoms with Gasteiger partial charge in [0.05, 0.1) is 18.7 Å². The van der Waals surface area contributed by atoms with Gasteiger partial charge in [-0.25, -0.2) is 4.98 Å². The molecule has 1 aromatic rings. The van der Waals surface area contributed by atoms with E-state index in [-0.39, 0.29) is 5.91 Å². The minimum atomic E-state index is 0.0307. The van der Waals surface area contributed by atoms with Crippen LogP contribution in [-0.4, -0.2) is 51.4 Å². The van der Waals surface area contributed by atoms with Crippen molar-refractivity contribution in [1.29, 1.82) is 0 Å². The monoisotopic (exact) mass is 234 g/mol. The van der Waals surface area contributed by atoms with Crippen molar-refractivity contribution in [3.05, 3.63) is 30.9 Å². The average molecular weight is 234 g/mol. The van der Waals surface area contributed by atoms with Gasteiger partial charge in [0.1, 0.15) is 0 Å². The summed E-state index contributed by atoms with van der Waals surface area (Å²) >= 11 is 0. The van der Waals surface area contributed by atoms with Crippen LogP contribution in [0.25, 0.3) is 0 Å². The molecule has 0 radical (unpaired) electrons. The third-order valence-electron chi connectivity index (χ3n) is 2.98. The van der Waals surface area contributed by atoms with Gasteiger partial charge in [0.25, 0.3) is 0 Å². The van der Waals surface area contributed by atoms with E-state index in [0.717, 1.165) is 38.5 Å². The van der Waals surface area contributed by atoms with Crippen LogP contribution in [0, 0.1) is 6.92 Å². The van der Waals surface area contributed by atoms with E-state index in [1.807, 2.05) is 24.3 Å². The Labute approximate surface area is 101 Å². The third kappa shape index (κ3) is 2.94. The predicted octanol–water partition coefficient (Wildman–Crippen LogP) is 0.479. The Bertz CT molecular complexity index is 404. The van der Waals surface area contributed by atoms with E-state index < -0.39 is 0 Å². The van der Waals surface area contributed by atoms with E-state index in [9.17, 15) is 4.79 Å². The van der Waals surface area contributed by atoms with Crippen LogP contribution in [0.3, 0.4) is 0 Å². The molecule has 0 spiro atoms. The number of aromatic nitrogens is 2. The van der Waals surface area contributed by atoms with E-state index in [1.54, 1.807) is 0 Å². The SMILES string of the molecule is C=CC(=O)N1CCN(Cn2cnc(C)c2)CC1. The summed E-state index contributed by atoms with van der Waals surface area (Å²) in [6, 6.07) is 0. The lowest BCUT2D eigenvalue weighted by Gasteiger charge is -2.34. The van der Waals surface area contributed by atoms with Gasteiger partial charge in [0.2, 0.25) is 5.91 Å². The molecule has 0 N–H and O–H groups in total. The summed E-state index contributed by atoms with van der Waals surface area (Å²) in [5.41, 5.74) is 1.03. The molecule has 1 saturated heterocycles. The molecule has 92 valence electrons.